The van der Waals surface area contributed by atoms with E-state index in [4.69, 9.17) is 16.0 Å². The standard InChI is InChI=1S/C15H15ClN2O3/c1-9-5-6-11(16)8-12(9)18-14(19)10(2)17-15(20)13-4-3-7-21-13/h3-8,10H,1-2H3,(H,17,20)(H,18,19). The Morgan fingerprint density at radius 2 is 2.05 bits per heavy atom. The summed E-state index contributed by atoms with van der Waals surface area (Å²) in [6.07, 6.45) is 1.40. The molecule has 1 heterocycles. The number of furan rings is 1. The molecule has 110 valence electrons. The molecule has 0 spiro atoms. The molecule has 0 aliphatic rings. The molecule has 2 N–H and O–H groups in total. The number of hydrogen-bond donors (Lipinski definition) is 2. The highest BCUT2D eigenvalue weighted by molar-refractivity contribution is 6.31. The number of aryl methyl sites for hydroxylation is 1. The lowest BCUT2D eigenvalue weighted by Crippen LogP contribution is -2.41. The van der Waals surface area contributed by atoms with E-state index in [9.17, 15) is 9.59 Å². The maximum Gasteiger partial charge on any atom is 0.287 e. The van der Waals surface area contributed by atoms with Crippen LogP contribution in [0.15, 0.2) is 41.0 Å². The molecule has 0 bridgehead atoms. The number of nitrogens with one attached hydrogen (secondary N) is 2. The van der Waals surface area contributed by atoms with Gasteiger partial charge in [0.2, 0.25) is 5.91 Å². The zero-order chi connectivity index (χ0) is 15.4. The monoisotopic (exact) mass is 306 g/mol. The molecular weight excluding hydrogens is 292 g/mol. The SMILES string of the molecule is Cc1ccc(Cl)cc1NC(=O)C(C)NC(=O)c1ccco1. The van der Waals surface area contributed by atoms with Gasteiger partial charge in [-0.05, 0) is 43.7 Å². The van der Waals surface area contributed by atoms with Crippen molar-refractivity contribution in [2.45, 2.75) is 19.9 Å². The third-order valence-electron chi connectivity index (χ3n) is 2.94. The van der Waals surface area contributed by atoms with Crippen LogP contribution in [-0.2, 0) is 4.79 Å². The molecular formula is C15H15ClN2O3. The maximum atomic E-state index is 12.1. The van der Waals surface area contributed by atoms with E-state index in [1.807, 2.05) is 13.0 Å². The highest BCUT2D eigenvalue weighted by atomic mass is 35.5. The van der Waals surface area contributed by atoms with Crippen LogP contribution in [0.2, 0.25) is 5.02 Å². The molecule has 0 radical (unpaired) electrons. The van der Waals surface area contributed by atoms with Crippen molar-refractivity contribution in [3.8, 4) is 0 Å². The second-order valence-corrected chi connectivity index (χ2v) is 5.06. The van der Waals surface area contributed by atoms with Gasteiger partial charge >= 0.3 is 0 Å². The molecule has 2 amide bonds. The molecule has 0 aliphatic carbocycles. The van der Waals surface area contributed by atoms with Crippen molar-refractivity contribution in [1.82, 2.24) is 5.32 Å². The second kappa shape index (κ2) is 6.45. The number of amides is 2. The minimum absolute atomic E-state index is 0.161. The van der Waals surface area contributed by atoms with Crippen LogP contribution < -0.4 is 10.6 Å². The van der Waals surface area contributed by atoms with Gasteiger partial charge in [0.05, 0.1) is 6.26 Å². The van der Waals surface area contributed by atoms with Gasteiger partial charge in [0.1, 0.15) is 6.04 Å². The van der Waals surface area contributed by atoms with Crippen molar-refractivity contribution >= 4 is 29.1 Å². The van der Waals surface area contributed by atoms with Crippen molar-refractivity contribution in [3.05, 3.63) is 52.9 Å². The Labute approximate surface area is 127 Å². The normalized spacial score (nSPS) is 11.8. The molecule has 1 atom stereocenters. The number of carbonyl (C=O) groups excluding carboxylic acids is 2. The number of carbonyl (C=O) groups is 2. The van der Waals surface area contributed by atoms with Crippen LogP contribution in [0.25, 0.3) is 0 Å². The fraction of sp³-hybridized carbons (Fsp3) is 0.200. The molecule has 0 saturated carbocycles. The van der Waals surface area contributed by atoms with E-state index in [-0.39, 0.29) is 11.7 Å². The molecule has 5 nitrogen and oxygen atoms in total. The fourth-order valence-corrected chi connectivity index (χ4v) is 1.88. The Morgan fingerprint density at radius 1 is 1.29 bits per heavy atom. The molecule has 2 aromatic rings. The van der Waals surface area contributed by atoms with Crippen LogP contribution in [0.3, 0.4) is 0 Å². The van der Waals surface area contributed by atoms with Gasteiger partial charge in [0.25, 0.3) is 5.91 Å². The molecule has 6 heteroatoms. The zero-order valence-corrected chi connectivity index (χ0v) is 12.4. The quantitative estimate of drug-likeness (QED) is 0.912. The van der Waals surface area contributed by atoms with Crippen LogP contribution in [0, 0.1) is 6.92 Å². The molecule has 21 heavy (non-hydrogen) atoms. The average Bonchev–Trinajstić information content (AvgIpc) is 2.97. The van der Waals surface area contributed by atoms with Gasteiger partial charge in [-0.15, -0.1) is 0 Å². The summed E-state index contributed by atoms with van der Waals surface area (Å²) in [5.74, 6) is -0.612. The summed E-state index contributed by atoms with van der Waals surface area (Å²) >= 11 is 5.90. The van der Waals surface area contributed by atoms with E-state index in [1.54, 1.807) is 25.1 Å². The first kappa shape index (κ1) is 15.1. The number of benzene rings is 1. The molecule has 2 rings (SSSR count). The molecule has 0 aliphatic heterocycles. The first-order valence-corrected chi connectivity index (χ1v) is 6.76. The summed E-state index contributed by atoms with van der Waals surface area (Å²) in [6, 6.07) is 7.64. The molecule has 0 saturated heterocycles. The van der Waals surface area contributed by atoms with E-state index in [2.05, 4.69) is 10.6 Å². The van der Waals surface area contributed by atoms with Crippen molar-refractivity contribution in [2.75, 3.05) is 5.32 Å². The van der Waals surface area contributed by atoms with Crippen LogP contribution in [0.1, 0.15) is 23.0 Å². The number of halogens is 1. The zero-order valence-electron chi connectivity index (χ0n) is 11.6. The smallest absolute Gasteiger partial charge is 0.287 e. The highest BCUT2D eigenvalue weighted by Gasteiger charge is 2.18. The van der Waals surface area contributed by atoms with E-state index in [0.717, 1.165) is 5.56 Å². The van der Waals surface area contributed by atoms with Gasteiger partial charge in [0, 0.05) is 10.7 Å². The van der Waals surface area contributed by atoms with Gasteiger partial charge in [-0.3, -0.25) is 9.59 Å². The Bertz CT molecular complexity index is 653. The average molecular weight is 307 g/mol. The van der Waals surface area contributed by atoms with Crippen LogP contribution >= 0.6 is 11.6 Å². The minimum Gasteiger partial charge on any atom is -0.459 e. The van der Waals surface area contributed by atoms with Gasteiger partial charge in [-0.2, -0.15) is 0 Å². The van der Waals surface area contributed by atoms with Crippen molar-refractivity contribution in [3.63, 3.8) is 0 Å². The minimum atomic E-state index is -0.707. The van der Waals surface area contributed by atoms with Gasteiger partial charge < -0.3 is 15.1 Å². The van der Waals surface area contributed by atoms with Crippen molar-refractivity contribution in [2.24, 2.45) is 0 Å². The lowest BCUT2D eigenvalue weighted by molar-refractivity contribution is -0.117. The summed E-state index contributed by atoms with van der Waals surface area (Å²) in [4.78, 5) is 23.9. The van der Waals surface area contributed by atoms with Gasteiger partial charge in [-0.25, -0.2) is 0 Å². The van der Waals surface area contributed by atoms with E-state index in [0.29, 0.717) is 10.7 Å². The summed E-state index contributed by atoms with van der Waals surface area (Å²) in [7, 11) is 0. The first-order chi connectivity index (χ1) is 9.97. The molecule has 0 fully saturated rings. The fourth-order valence-electron chi connectivity index (χ4n) is 1.71. The van der Waals surface area contributed by atoms with Crippen LogP contribution in [0.5, 0.6) is 0 Å². The highest BCUT2D eigenvalue weighted by Crippen LogP contribution is 2.20. The van der Waals surface area contributed by atoms with E-state index in [1.165, 1.54) is 12.3 Å². The Balaban J connectivity index is 1.99. The number of hydrogen-bond acceptors (Lipinski definition) is 3. The van der Waals surface area contributed by atoms with Gasteiger partial charge in [-0.1, -0.05) is 17.7 Å². The Kier molecular flexibility index (Phi) is 4.65. The number of rotatable bonds is 4. The third kappa shape index (κ3) is 3.86. The number of anilines is 1. The summed E-state index contributed by atoms with van der Waals surface area (Å²) < 4.78 is 4.97. The van der Waals surface area contributed by atoms with Gasteiger partial charge in [0.15, 0.2) is 5.76 Å². The van der Waals surface area contributed by atoms with Crippen LogP contribution in [-0.4, -0.2) is 17.9 Å². The molecule has 1 aromatic heterocycles. The Hall–Kier alpha value is -2.27. The Morgan fingerprint density at radius 3 is 2.71 bits per heavy atom. The lowest BCUT2D eigenvalue weighted by atomic mass is 10.2. The topological polar surface area (TPSA) is 71.3 Å². The summed E-state index contributed by atoms with van der Waals surface area (Å²) in [6.45, 7) is 3.45. The van der Waals surface area contributed by atoms with Crippen molar-refractivity contribution in [1.29, 1.82) is 0 Å². The maximum absolute atomic E-state index is 12.1. The summed E-state index contributed by atoms with van der Waals surface area (Å²) in [5, 5.41) is 5.82. The molecule has 1 aromatic carbocycles. The largest absolute Gasteiger partial charge is 0.459 e. The van der Waals surface area contributed by atoms with Crippen molar-refractivity contribution < 1.29 is 14.0 Å². The predicted molar refractivity (Wildman–Crippen MR) is 80.5 cm³/mol. The third-order valence-corrected chi connectivity index (χ3v) is 3.18. The predicted octanol–water partition coefficient (Wildman–Crippen LogP) is 3.00. The van der Waals surface area contributed by atoms with E-state index < -0.39 is 11.9 Å². The molecule has 1 unspecified atom stereocenters. The lowest BCUT2D eigenvalue weighted by Gasteiger charge is -2.14. The summed E-state index contributed by atoms with van der Waals surface area (Å²) in [5.41, 5.74) is 1.50. The van der Waals surface area contributed by atoms with E-state index >= 15 is 0 Å². The van der Waals surface area contributed by atoms with Crippen LogP contribution in [0.4, 0.5) is 5.69 Å². The first-order valence-electron chi connectivity index (χ1n) is 6.39. The second-order valence-electron chi connectivity index (χ2n) is 4.62.